The molecule has 0 aliphatic carbocycles. The number of amides is 1. The van der Waals surface area contributed by atoms with E-state index >= 15 is 0 Å². The van der Waals surface area contributed by atoms with E-state index in [1.165, 1.54) is 9.87 Å². The second-order valence-electron chi connectivity index (χ2n) is 11.0. The van der Waals surface area contributed by atoms with E-state index in [4.69, 9.17) is 0 Å². The minimum absolute atomic E-state index is 0.0416. The van der Waals surface area contributed by atoms with Crippen molar-refractivity contribution < 1.29 is 23.1 Å². The molecule has 1 aliphatic heterocycles. The smallest absolute Gasteiger partial charge is 0.347 e. The molecule has 1 aliphatic rings. The van der Waals surface area contributed by atoms with Gasteiger partial charge in [0.05, 0.1) is 16.6 Å². The van der Waals surface area contributed by atoms with Gasteiger partial charge in [-0.3, -0.25) is 4.79 Å². The molecular weight excluding hydrogens is 560 g/mol. The number of anilines is 1. The van der Waals surface area contributed by atoms with Crippen LogP contribution in [0.2, 0.25) is 0 Å². The van der Waals surface area contributed by atoms with Crippen molar-refractivity contribution in [3.8, 4) is 0 Å². The summed E-state index contributed by atoms with van der Waals surface area (Å²) in [5.74, 6) is -0.627. The number of aromatic carboxylic acids is 1. The molecule has 0 bridgehead atoms. The van der Waals surface area contributed by atoms with Crippen LogP contribution in [0.25, 0.3) is 0 Å². The number of benzene rings is 2. The first kappa shape index (κ1) is 30.7. The average Bonchev–Trinajstić information content (AvgIpc) is 3.34. The molecule has 4 rings (SSSR count). The summed E-state index contributed by atoms with van der Waals surface area (Å²) in [5.41, 5.74) is 3.63. The fourth-order valence-electron chi connectivity index (χ4n) is 4.88. The van der Waals surface area contributed by atoms with Gasteiger partial charge in [-0.2, -0.15) is 4.31 Å². The van der Waals surface area contributed by atoms with E-state index in [1.54, 1.807) is 19.1 Å². The number of nitrogens with zero attached hydrogens (tertiary/aromatic N) is 3. The zero-order valence-electron chi connectivity index (χ0n) is 24.1. The van der Waals surface area contributed by atoms with Gasteiger partial charge in [0.25, 0.3) is 0 Å². The highest BCUT2D eigenvalue weighted by Crippen LogP contribution is 2.31. The van der Waals surface area contributed by atoms with Crippen molar-refractivity contribution in [2.45, 2.75) is 70.4 Å². The summed E-state index contributed by atoms with van der Waals surface area (Å²) in [4.78, 5) is 31.4. The van der Waals surface area contributed by atoms with Crippen LogP contribution in [0.15, 0.2) is 53.4 Å². The molecule has 11 heteroatoms. The number of carboxylic acid groups (broad SMARTS) is 1. The Balaban J connectivity index is 1.55. The average molecular weight is 599 g/mol. The molecule has 0 spiro atoms. The fraction of sp³-hybridized carbons (Fsp3) is 0.433. The molecule has 2 heterocycles. The third-order valence-electron chi connectivity index (χ3n) is 7.39. The zero-order chi connectivity index (χ0) is 29.9. The van der Waals surface area contributed by atoms with Gasteiger partial charge in [0.1, 0.15) is 4.88 Å². The summed E-state index contributed by atoms with van der Waals surface area (Å²) in [6.07, 6.45) is -0.0416. The van der Waals surface area contributed by atoms with Gasteiger partial charge in [0, 0.05) is 32.6 Å². The van der Waals surface area contributed by atoms with Crippen molar-refractivity contribution in [3.63, 3.8) is 0 Å². The predicted octanol–water partition coefficient (Wildman–Crippen LogP) is 4.98. The lowest BCUT2D eigenvalue weighted by molar-refractivity contribution is -0.122. The number of piperazine rings is 1. The lowest BCUT2D eigenvalue weighted by Crippen LogP contribution is -2.56. The summed E-state index contributed by atoms with van der Waals surface area (Å²) < 4.78 is 29.0. The maximum absolute atomic E-state index is 13.8. The van der Waals surface area contributed by atoms with Gasteiger partial charge in [-0.25, -0.2) is 18.2 Å². The number of carboxylic acids is 1. The molecule has 0 radical (unpaired) electrons. The first-order chi connectivity index (χ1) is 19.4. The van der Waals surface area contributed by atoms with Gasteiger partial charge in [-0.15, -0.1) is 0 Å². The van der Waals surface area contributed by atoms with Crippen LogP contribution < -0.4 is 10.2 Å². The van der Waals surface area contributed by atoms with E-state index in [2.05, 4.69) is 24.1 Å². The number of carbonyl (C=O) groups excluding carboxylic acids is 1. The maximum atomic E-state index is 13.8. The van der Waals surface area contributed by atoms with Crippen molar-refractivity contribution in [3.05, 3.63) is 75.8 Å². The van der Waals surface area contributed by atoms with E-state index in [9.17, 15) is 23.1 Å². The van der Waals surface area contributed by atoms with Crippen LogP contribution in [0.1, 0.15) is 78.0 Å². The van der Waals surface area contributed by atoms with E-state index in [0.717, 1.165) is 22.5 Å². The van der Waals surface area contributed by atoms with Crippen LogP contribution >= 0.6 is 11.3 Å². The minimum atomic E-state index is -3.89. The quantitative estimate of drug-likeness (QED) is 0.338. The van der Waals surface area contributed by atoms with Crippen LogP contribution in [-0.2, 0) is 21.4 Å². The second kappa shape index (κ2) is 12.7. The van der Waals surface area contributed by atoms with E-state index < -0.39 is 22.0 Å². The first-order valence-electron chi connectivity index (χ1n) is 13.8. The van der Waals surface area contributed by atoms with Crippen molar-refractivity contribution in [1.82, 2.24) is 14.6 Å². The number of carbonyl (C=O) groups is 2. The van der Waals surface area contributed by atoms with Gasteiger partial charge in [-0.05, 0) is 47.6 Å². The zero-order valence-corrected chi connectivity index (χ0v) is 25.8. The highest BCUT2D eigenvalue weighted by molar-refractivity contribution is 7.89. The monoisotopic (exact) mass is 598 g/mol. The highest BCUT2D eigenvalue weighted by atomic mass is 32.2. The topological polar surface area (TPSA) is 120 Å². The van der Waals surface area contributed by atoms with Gasteiger partial charge in [0.2, 0.25) is 15.9 Å². The normalized spacial score (nSPS) is 16.4. The number of hydrogen-bond donors (Lipinski definition) is 2. The highest BCUT2D eigenvalue weighted by Gasteiger charge is 2.38. The Morgan fingerprint density at radius 2 is 1.59 bits per heavy atom. The van der Waals surface area contributed by atoms with Crippen LogP contribution in [-0.4, -0.2) is 60.4 Å². The molecule has 220 valence electrons. The molecule has 0 unspecified atom stereocenters. The Morgan fingerprint density at radius 1 is 1.00 bits per heavy atom. The van der Waals surface area contributed by atoms with Gasteiger partial charge in [0.15, 0.2) is 5.13 Å². The van der Waals surface area contributed by atoms with Gasteiger partial charge < -0.3 is 15.3 Å². The number of thiazole rings is 1. The van der Waals surface area contributed by atoms with Crippen molar-refractivity contribution >= 4 is 38.4 Å². The minimum Gasteiger partial charge on any atom is -0.477 e. The summed E-state index contributed by atoms with van der Waals surface area (Å²) >= 11 is 1.06. The third kappa shape index (κ3) is 7.14. The Bertz CT molecular complexity index is 1480. The van der Waals surface area contributed by atoms with Crippen LogP contribution in [0.5, 0.6) is 0 Å². The molecule has 1 aromatic heterocycles. The largest absolute Gasteiger partial charge is 0.477 e. The Labute approximate surface area is 246 Å². The molecule has 41 heavy (non-hydrogen) atoms. The number of rotatable bonds is 10. The molecule has 1 saturated heterocycles. The number of sulfonamides is 1. The van der Waals surface area contributed by atoms with Gasteiger partial charge >= 0.3 is 5.97 Å². The molecular formula is C30H38N4O5S2. The number of nitrogens with one attached hydrogen (secondary N) is 1. The van der Waals surface area contributed by atoms with Gasteiger partial charge in [-0.1, -0.05) is 75.4 Å². The SMILES string of the molecule is Cc1nc(N2CCN(S(=O)(=O)c3ccc(C(C)C)cc3)[C@@H](CC(=O)NCc3ccc(C(C)C)cc3)C2)sc1C(=O)O. The number of hydrogen-bond acceptors (Lipinski definition) is 7. The van der Waals surface area contributed by atoms with Crippen LogP contribution in [0, 0.1) is 6.92 Å². The first-order valence-corrected chi connectivity index (χ1v) is 16.1. The predicted molar refractivity (Wildman–Crippen MR) is 161 cm³/mol. The van der Waals surface area contributed by atoms with E-state index in [-0.39, 0.29) is 41.1 Å². The molecule has 1 fully saturated rings. The molecule has 1 atom stereocenters. The van der Waals surface area contributed by atoms with Crippen LogP contribution in [0.4, 0.5) is 5.13 Å². The second-order valence-corrected chi connectivity index (χ2v) is 13.9. The Morgan fingerprint density at radius 3 is 2.12 bits per heavy atom. The van der Waals surface area contributed by atoms with Crippen molar-refractivity contribution in [2.75, 3.05) is 24.5 Å². The Kier molecular flexibility index (Phi) is 9.51. The summed E-state index contributed by atoms with van der Waals surface area (Å²) in [7, 11) is -3.89. The summed E-state index contributed by atoms with van der Waals surface area (Å²) in [6, 6.07) is 14.3. The summed E-state index contributed by atoms with van der Waals surface area (Å²) in [5, 5.41) is 12.9. The third-order valence-corrected chi connectivity index (χ3v) is 10.6. The molecule has 9 nitrogen and oxygen atoms in total. The molecule has 0 saturated carbocycles. The van der Waals surface area contributed by atoms with Crippen molar-refractivity contribution in [1.29, 1.82) is 0 Å². The van der Waals surface area contributed by atoms with E-state index in [0.29, 0.717) is 29.8 Å². The van der Waals surface area contributed by atoms with Crippen LogP contribution in [0.3, 0.4) is 0 Å². The van der Waals surface area contributed by atoms with E-state index in [1.807, 2.05) is 55.1 Å². The lowest BCUT2D eigenvalue weighted by atomic mass is 10.0. The Hall–Kier alpha value is -3.28. The number of aryl methyl sites for hydroxylation is 1. The molecule has 1 amide bonds. The summed E-state index contributed by atoms with van der Waals surface area (Å²) in [6.45, 7) is 11.0. The standard InChI is InChI=1S/C30H38N4O5S2/c1-19(2)23-8-6-22(7-9-23)17-31-27(35)16-25-18-33(30-32-21(5)28(40-30)29(36)37)14-15-34(25)41(38,39)26-12-10-24(11-13-26)20(3)4/h6-13,19-20,25H,14-18H2,1-5H3,(H,31,35)(H,36,37)/t25-/m0/s1. The van der Waals surface area contributed by atoms with Crippen molar-refractivity contribution in [2.24, 2.45) is 0 Å². The molecule has 3 aromatic rings. The maximum Gasteiger partial charge on any atom is 0.347 e. The molecule has 2 N–H and O–H groups in total. The number of aromatic nitrogens is 1. The fourth-order valence-corrected chi connectivity index (χ4v) is 7.43. The lowest BCUT2D eigenvalue weighted by Gasteiger charge is -2.40. The molecule has 2 aromatic carbocycles.